The van der Waals surface area contributed by atoms with E-state index >= 15 is 0 Å². The van der Waals surface area contributed by atoms with Crippen LogP contribution < -0.4 is 10.1 Å². The van der Waals surface area contributed by atoms with Crippen LogP contribution in [-0.4, -0.2) is 12.5 Å². The van der Waals surface area contributed by atoms with E-state index in [1.165, 1.54) is 5.56 Å². The quantitative estimate of drug-likeness (QED) is 0.868. The number of rotatable bonds is 4. The third kappa shape index (κ3) is 3.05. The van der Waals surface area contributed by atoms with Gasteiger partial charge in [-0.3, -0.25) is 4.79 Å². The molecule has 4 heteroatoms. The molecule has 0 saturated carbocycles. The highest BCUT2D eigenvalue weighted by molar-refractivity contribution is 9.10. The number of terminal acetylenes is 1. The Morgan fingerprint density at radius 2 is 2.39 bits per heavy atom. The standard InChI is InChI=1S/C14H14BrNO2/c1-2-3-4-13(17)16-9-11-8-12(15)7-10-5-6-18-14(10)11/h1,7-8H,3-6,9H2,(H,16,17). The summed E-state index contributed by atoms with van der Waals surface area (Å²) in [5, 5.41) is 2.86. The molecule has 0 spiro atoms. The lowest BCUT2D eigenvalue weighted by molar-refractivity contribution is -0.121. The number of ether oxygens (including phenoxy) is 1. The fraction of sp³-hybridized carbons (Fsp3) is 0.357. The first-order chi connectivity index (χ1) is 8.70. The first-order valence-electron chi connectivity index (χ1n) is 5.85. The van der Waals surface area contributed by atoms with Gasteiger partial charge in [0.1, 0.15) is 5.75 Å². The van der Waals surface area contributed by atoms with Crippen molar-refractivity contribution in [2.75, 3.05) is 6.61 Å². The second-order valence-electron chi connectivity index (χ2n) is 4.13. The molecular formula is C14H14BrNO2. The van der Waals surface area contributed by atoms with E-state index in [2.05, 4.69) is 33.2 Å². The van der Waals surface area contributed by atoms with Crippen LogP contribution in [0.5, 0.6) is 5.75 Å². The average Bonchev–Trinajstić information content (AvgIpc) is 2.81. The van der Waals surface area contributed by atoms with Gasteiger partial charge in [0.2, 0.25) is 5.91 Å². The van der Waals surface area contributed by atoms with Gasteiger partial charge in [0.25, 0.3) is 0 Å². The van der Waals surface area contributed by atoms with Gasteiger partial charge >= 0.3 is 0 Å². The third-order valence-corrected chi connectivity index (χ3v) is 3.26. The van der Waals surface area contributed by atoms with Crippen LogP contribution in [0.25, 0.3) is 0 Å². The highest BCUT2D eigenvalue weighted by Crippen LogP contribution is 2.32. The molecule has 1 amide bonds. The molecule has 1 aliphatic heterocycles. The van der Waals surface area contributed by atoms with E-state index in [1.807, 2.05) is 6.07 Å². The number of amides is 1. The summed E-state index contributed by atoms with van der Waals surface area (Å²) < 4.78 is 6.61. The Morgan fingerprint density at radius 1 is 1.56 bits per heavy atom. The van der Waals surface area contributed by atoms with Crippen LogP contribution in [0.3, 0.4) is 0 Å². The number of hydrogen-bond acceptors (Lipinski definition) is 2. The molecular weight excluding hydrogens is 294 g/mol. The molecule has 0 unspecified atom stereocenters. The van der Waals surface area contributed by atoms with Crippen molar-refractivity contribution in [3.63, 3.8) is 0 Å². The zero-order valence-electron chi connectivity index (χ0n) is 9.96. The second-order valence-corrected chi connectivity index (χ2v) is 5.05. The summed E-state index contributed by atoms with van der Waals surface area (Å²) in [6.07, 6.45) is 6.88. The zero-order chi connectivity index (χ0) is 13.0. The number of carbonyl (C=O) groups is 1. The number of fused-ring (bicyclic) bond motifs is 1. The summed E-state index contributed by atoms with van der Waals surface area (Å²) in [7, 11) is 0. The first-order valence-corrected chi connectivity index (χ1v) is 6.64. The van der Waals surface area contributed by atoms with Crippen molar-refractivity contribution in [3.05, 3.63) is 27.7 Å². The van der Waals surface area contributed by atoms with Gasteiger partial charge in [0.05, 0.1) is 6.61 Å². The fourth-order valence-corrected chi connectivity index (χ4v) is 2.50. The summed E-state index contributed by atoms with van der Waals surface area (Å²) >= 11 is 3.47. The first kappa shape index (κ1) is 13.0. The molecule has 0 aromatic heterocycles. The van der Waals surface area contributed by atoms with E-state index in [0.717, 1.165) is 22.2 Å². The van der Waals surface area contributed by atoms with E-state index in [0.29, 0.717) is 26.0 Å². The van der Waals surface area contributed by atoms with Crippen molar-refractivity contribution in [1.29, 1.82) is 0 Å². The number of halogens is 1. The molecule has 0 atom stereocenters. The van der Waals surface area contributed by atoms with Crippen LogP contribution in [0.2, 0.25) is 0 Å². The second kappa shape index (κ2) is 5.92. The maximum Gasteiger partial charge on any atom is 0.221 e. The Morgan fingerprint density at radius 3 is 3.17 bits per heavy atom. The molecule has 1 N–H and O–H groups in total. The average molecular weight is 308 g/mol. The Balaban J connectivity index is 2.02. The summed E-state index contributed by atoms with van der Waals surface area (Å²) in [6.45, 7) is 1.19. The van der Waals surface area contributed by atoms with Crippen molar-refractivity contribution in [2.45, 2.75) is 25.8 Å². The number of benzene rings is 1. The molecule has 94 valence electrons. The highest BCUT2D eigenvalue weighted by Gasteiger charge is 2.17. The van der Waals surface area contributed by atoms with Crippen molar-refractivity contribution in [2.24, 2.45) is 0 Å². The Hall–Kier alpha value is -1.47. The van der Waals surface area contributed by atoms with Gasteiger partial charge in [-0.1, -0.05) is 15.9 Å². The Labute approximate surface area is 115 Å². The molecule has 18 heavy (non-hydrogen) atoms. The fourth-order valence-electron chi connectivity index (χ4n) is 1.95. The molecule has 0 aliphatic carbocycles. The van der Waals surface area contributed by atoms with Crippen molar-refractivity contribution in [1.82, 2.24) is 5.32 Å². The van der Waals surface area contributed by atoms with Gasteiger partial charge in [0, 0.05) is 35.8 Å². The summed E-state index contributed by atoms with van der Waals surface area (Å²) in [4.78, 5) is 11.5. The number of nitrogens with one attached hydrogen (secondary N) is 1. The largest absolute Gasteiger partial charge is 0.493 e. The highest BCUT2D eigenvalue weighted by atomic mass is 79.9. The minimum Gasteiger partial charge on any atom is -0.493 e. The SMILES string of the molecule is C#CCCC(=O)NCc1cc(Br)cc2c1OCC2. The molecule has 1 heterocycles. The molecule has 1 aromatic rings. The van der Waals surface area contributed by atoms with Crippen molar-refractivity contribution in [3.8, 4) is 18.1 Å². The van der Waals surface area contributed by atoms with E-state index < -0.39 is 0 Å². The molecule has 3 nitrogen and oxygen atoms in total. The topological polar surface area (TPSA) is 38.3 Å². The van der Waals surface area contributed by atoms with Crippen molar-refractivity contribution < 1.29 is 9.53 Å². The van der Waals surface area contributed by atoms with Gasteiger partial charge in [-0.05, 0) is 17.7 Å². The van der Waals surface area contributed by atoms with E-state index in [1.54, 1.807) is 0 Å². The maximum atomic E-state index is 11.5. The smallest absolute Gasteiger partial charge is 0.221 e. The minimum absolute atomic E-state index is 0.0281. The minimum atomic E-state index is -0.0281. The van der Waals surface area contributed by atoms with Crippen LogP contribution in [0, 0.1) is 12.3 Å². The lowest BCUT2D eigenvalue weighted by Gasteiger charge is -2.10. The summed E-state index contributed by atoms with van der Waals surface area (Å²) in [5.41, 5.74) is 2.20. The van der Waals surface area contributed by atoms with Crippen molar-refractivity contribution >= 4 is 21.8 Å². The number of hydrogen-bond donors (Lipinski definition) is 1. The normalized spacial score (nSPS) is 12.4. The summed E-state index contributed by atoms with van der Waals surface area (Å²) in [5.74, 6) is 3.34. The van der Waals surface area contributed by atoms with Gasteiger partial charge in [-0.15, -0.1) is 12.3 Å². The number of carbonyl (C=O) groups excluding carboxylic acids is 1. The van der Waals surface area contributed by atoms with E-state index in [-0.39, 0.29) is 5.91 Å². The van der Waals surface area contributed by atoms with Crippen LogP contribution in [0.4, 0.5) is 0 Å². The molecule has 0 bridgehead atoms. The van der Waals surface area contributed by atoms with Gasteiger partial charge in [-0.25, -0.2) is 0 Å². The zero-order valence-corrected chi connectivity index (χ0v) is 11.5. The molecule has 0 radical (unpaired) electrons. The molecule has 1 aliphatic rings. The molecule has 0 fully saturated rings. The molecule has 0 saturated heterocycles. The monoisotopic (exact) mass is 307 g/mol. The van der Waals surface area contributed by atoms with Crippen LogP contribution >= 0.6 is 15.9 Å². The lowest BCUT2D eigenvalue weighted by Crippen LogP contribution is -2.22. The Kier molecular flexibility index (Phi) is 4.27. The lowest BCUT2D eigenvalue weighted by atomic mass is 10.1. The summed E-state index contributed by atoms with van der Waals surface area (Å²) in [6, 6.07) is 4.04. The van der Waals surface area contributed by atoms with Crippen LogP contribution in [0.15, 0.2) is 16.6 Å². The van der Waals surface area contributed by atoms with E-state index in [4.69, 9.17) is 11.2 Å². The third-order valence-electron chi connectivity index (χ3n) is 2.80. The molecule has 1 aromatic carbocycles. The van der Waals surface area contributed by atoms with Crippen LogP contribution in [0.1, 0.15) is 24.0 Å². The maximum absolute atomic E-state index is 11.5. The van der Waals surface area contributed by atoms with Gasteiger partial charge in [-0.2, -0.15) is 0 Å². The van der Waals surface area contributed by atoms with Crippen LogP contribution in [-0.2, 0) is 17.8 Å². The molecule has 2 rings (SSSR count). The van der Waals surface area contributed by atoms with Gasteiger partial charge in [0.15, 0.2) is 0 Å². The van der Waals surface area contributed by atoms with E-state index in [9.17, 15) is 4.79 Å². The van der Waals surface area contributed by atoms with Gasteiger partial charge < -0.3 is 10.1 Å². The Bertz CT molecular complexity index is 505. The predicted octanol–water partition coefficient (Wildman–Crippen LogP) is 2.41. The predicted molar refractivity (Wildman–Crippen MR) is 73.3 cm³/mol.